The zero-order chi connectivity index (χ0) is 20.5. The Morgan fingerprint density at radius 2 is 1.76 bits per heavy atom. The Labute approximate surface area is 169 Å². The lowest BCUT2D eigenvalue weighted by atomic mass is 10.2. The van der Waals surface area contributed by atoms with Gasteiger partial charge in [-0.25, -0.2) is 4.98 Å². The molecule has 0 unspecified atom stereocenters. The topological polar surface area (TPSA) is 81.7 Å². The maximum atomic E-state index is 12.0. The SMILES string of the molecule is COc1ccc(CNc2ccc(NC(=O)COc3ccccc3)cn2)cc1OC. The third-order valence-electron chi connectivity index (χ3n) is 4.08. The molecule has 2 aromatic carbocycles. The Hall–Kier alpha value is -3.74. The predicted molar refractivity (Wildman–Crippen MR) is 112 cm³/mol. The van der Waals surface area contributed by atoms with Gasteiger partial charge < -0.3 is 24.8 Å². The van der Waals surface area contributed by atoms with Crippen LogP contribution in [0.3, 0.4) is 0 Å². The maximum Gasteiger partial charge on any atom is 0.262 e. The van der Waals surface area contributed by atoms with Crippen LogP contribution in [-0.2, 0) is 11.3 Å². The van der Waals surface area contributed by atoms with Crippen LogP contribution in [0.1, 0.15) is 5.56 Å². The van der Waals surface area contributed by atoms with Crippen molar-refractivity contribution in [2.24, 2.45) is 0 Å². The van der Waals surface area contributed by atoms with E-state index in [2.05, 4.69) is 15.6 Å². The number of ether oxygens (including phenoxy) is 3. The number of hydrogen-bond donors (Lipinski definition) is 2. The lowest BCUT2D eigenvalue weighted by Gasteiger charge is -2.11. The van der Waals surface area contributed by atoms with Crippen molar-refractivity contribution in [1.82, 2.24) is 4.98 Å². The Kier molecular flexibility index (Phi) is 6.89. The molecule has 150 valence electrons. The third-order valence-corrected chi connectivity index (χ3v) is 4.08. The zero-order valence-corrected chi connectivity index (χ0v) is 16.3. The van der Waals surface area contributed by atoms with Crippen LogP contribution in [0.5, 0.6) is 17.2 Å². The van der Waals surface area contributed by atoms with Crippen LogP contribution in [0.15, 0.2) is 66.9 Å². The van der Waals surface area contributed by atoms with Crippen molar-refractivity contribution < 1.29 is 19.0 Å². The number of carbonyl (C=O) groups is 1. The molecule has 0 radical (unpaired) electrons. The first-order valence-corrected chi connectivity index (χ1v) is 9.06. The summed E-state index contributed by atoms with van der Waals surface area (Å²) >= 11 is 0. The Bertz CT molecular complexity index is 931. The summed E-state index contributed by atoms with van der Waals surface area (Å²) in [7, 11) is 3.21. The van der Waals surface area contributed by atoms with Gasteiger partial charge in [-0.15, -0.1) is 0 Å². The minimum absolute atomic E-state index is 0.0662. The highest BCUT2D eigenvalue weighted by atomic mass is 16.5. The van der Waals surface area contributed by atoms with Gasteiger partial charge in [0.15, 0.2) is 18.1 Å². The lowest BCUT2D eigenvalue weighted by Crippen LogP contribution is -2.20. The van der Waals surface area contributed by atoms with Crippen molar-refractivity contribution >= 4 is 17.4 Å². The Balaban J connectivity index is 1.49. The number of aromatic nitrogens is 1. The van der Waals surface area contributed by atoms with Gasteiger partial charge in [-0.3, -0.25) is 4.79 Å². The quantitative estimate of drug-likeness (QED) is 0.577. The summed E-state index contributed by atoms with van der Waals surface area (Å²) in [5, 5.41) is 5.99. The number of benzene rings is 2. The second-order valence-corrected chi connectivity index (χ2v) is 6.12. The van der Waals surface area contributed by atoms with Crippen molar-refractivity contribution in [3.8, 4) is 17.2 Å². The minimum atomic E-state index is -0.248. The van der Waals surface area contributed by atoms with E-state index in [1.165, 1.54) is 0 Å². The highest BCUT2D eigenvalue weighted by Gasteiger charge is 2.06. The van der Waals surface area contributed by atoms with Gasteiger partial charge in [0.2, 0.25) is 0 Å². The molecule has 0 atom stereocenters. The number of anilines is 2. The molecule has 7 nitrogen and oxygen atoms in total. The molecule has 7 heteroatoms. The normalized spacial score (nSPS) is 10.1. The van der Waals surface area contributed by atoms with Gasteiger partial charge in [-0.2, -0.15) is 0 Å². The van der Waals surface area contributed by atoms with Gasteiger partial charge >= 0.3 is 0 Å². The largest absolute Gasteiger partial charge is 0.493 e. The molecule has 0 aliphatic carbocycles. The lowest BCUT2D eigenvalue weighted by molar-refractivity contribution is -0.118. The summed E-state index contributed by atoms with van der Waals surface area (Å²) in [5.74, 6) is 2.46. The molecule has 0 fully saturated rings. The molecular weight excluding hydrogens is 370 g/mol. The number of nitrogens with zero attached hydrogens (tertiary/aromatic N) is 1. The third kappa shape index (κ3) is 5.87. The van der Waals surface area contributed by atoms with E-state index in [-0.39, 0.29) is 12.5 Å². The molecule has 0 bridgehead atoms. The molecule has 3 aromatic rings. The van der Waals surface area contributed by atoms with E-state index in [0.29, 0.717) is 35.3 Å². The summed E-state index contributed by atoms with van der Waals surface area (Å²) in [4.78, 5) is 16.3. The van der Waals surface area contributed by atoms with Gasteiger partial charge in [-0.1, -0.05) is 24.3 Å². The average Bonchev–Trinajstić information content (AvgIpc) is 2.77. The van der Waals surface area contributed by atoms with E-state index >= 15 is 0 Å². The van der Waals surface area contributed by atoms with Crippen LogP contribution in [0.4, 0.5) is 11.5 Å². The van der Waals surface area contributed by atoms with E-state index in [1.807, 2.05) is 36.4 Å². The first-order chi connectivity index (χ1) is 14.2. The van der Waals surface area contributed by atoms with E-state index in [1.54, 1.807) is 44.7 Å². The van der Waals surface area contributed by atoms with E-state index < -0.39 is 0 Å². The molecule has 1 heterocycles. The summed E-state index contributed by atoms with van der Waals surface area (Å²) in [6.07, 6.45) is 1.59. The molecule has 0 saturated carbocycles. The number of pyridine rings is 1. The second kappa shape index (κ2) is 9.98. The molecule has 0 aliphatic heterocycles. The Morgan fingerprint density at radius 3 is 2.45 bits per heavy atom. The number of nitrogens with one attached hydrogen (secondary N) is 2. The summed E-state index contributed by atoms with van der Waals surface area (Å²) in [5.41, 5.74) is 1.63. The van der Waals surface area contributed by atoms with Crippen molar-refractivity contribution in [2.75, 3.05) is 31.5 Å². The minimum Gasteiger partial charge on any atom is -0.493 e. The van der Waals surface area contributed by atoms with Crippen molar-refractivity contribution in [3.63, 3.8) is 0 Å². The molecule has 0 spiro atoms. The first kappa shape index (κ1) is 20.0. The number of methoxy groups -OCH3 is 2. The van der Waals surface area contributed by atoms with Crippen LogP contribution in [0.2, 0.25) is 0 Å². The molecule has 0 saturated heterocycles. The number of carbonyl (C=O) groups excluding carboxylic acids is 1. The molecule has 0 aliphatic rings. The summed E-state index contributed by atoms with van der Waals surface area (Å²) < 4.78 is 16.0. The van der Waals surface area contributed by atoms with E-state index in [9.17, 15) is 4.79 Å². The van der Waals surface area contributed by atoms with Crippen LogP contribution >= 0.6 is 0 Å². The van der Waals surface area contributed by atoms with Gasteiger partial charge in [-0.05, 0) is 42.0 Å². The summed E-state index contributed by atoms with van der Waals surface area (Å²) in [6.45, 7) is 0.507. The van der Waals surface area contributed by atoms with E-state index in [0.717, 1.165) is 5.56 Å². The van der Waals surface area contributed by atoms with Gasteiger partial charge in [0.1, 0.15) is 11.6 Å². The number of amides is 1. The fraction of sp³-hybridized carbons (Fsp3) is 0.182. The van der Waals surface area contributed by atoms with Crippen molar-refractivity contribution in [3.05, 3.63) is 72.4 Å². The monoisotopic (exact) mass is 393 g/mol. The van der Waals surface area contributed by atoms with Crippen LogP contribution in [0.25, 0.3) is 0 Å². The molecule has 1 aromatic heterocycles. The first-order valence-electron chi connectivity index (χ1n) is 9.06. The molecule has 3 rings (SSSR count). The summed E-state index contributed by atoms with van der Waals surface area (Å²) in [6, 6.07) is 18.5. The number of para-hydroxylation sites is 1. The highest BCUT2D eigenvalue weighted by molar-refractivity contribution is 5.91. The maximum absolute atomic E-state index is 12.0. The van der Waals surface area contributed by atoms with Gasteiger partial charge in [0.05, 0.1) is 26.1 Å². The standard InChI is InChI=1S/C22H23N3O4/c1-27-19-10-8-16(12-20(19)28-2)13-23-21-11-9-17(14-24-21)25-22(26)15-29-18-6-4-3-5-7-18/h3-12,14H,13,15H2,1-2H3,(H,23,24)(H,25,26). The fourth-order valence-corrected chi connectivity index (χ4v) is 2.62. The fourth-order valence-electron chi connectivity index (χ4n) is 2.62. The van der Waals surface area contributed by atoms with Crippen LogP contribution in [-0.4, -0.2) is 31.7 Å². The van der Waals surface area contributed by atoms with Gasteiger partial charge in [0, 0.05) is 6.54 Å². The van der Waals surface area contributed by atoms with Crippen molar-refractivity contribution in [2.45, 2.75) is 6.54 Å². The molecule has 2 N–H and O–H groups in total. The van der Waals surface area contributed by atoms with Gasteiger partial charge in [0.25, 0.3) is 5.91 Å². The predicted octanol–water partition coefficient (Wildman–Crippen LogP) is 3.73. The second-order valence-electron chi connectivity index (χ2n) is 6.12. The van der Waals surface area contributed by atoms with Crippen LogP contribution in [0, 0.1) is 0 Å². The van der Waals surface area contributed by atoms with Crippen molar-refractivity contribution in [1.29, 1.82) is 0 Å². The molecular formula is C22H23N3O4. The smallest absolute Gasteiger partial charge is 0.262 e. The number of hydrogen-bond acceptors (Lipinski definition) is 6. The molecule has 1 amide bonds. The number of rotatable bonds is 9. The zero-order valence-electron chi connectivity index (χ0n) is 16.3. The van der Waals surface area contributed by atoms with E-state index in [4.69, 9.17) is 14.2 Å². The average molecular weight is 393 g/mol. The highest BCUT2D eigenvalue weighted by Crippen LogP contribution is 2.27. The Morgan fingerprint density at radius 1 is 0.966 bits per heavy atom. The van der Waals surface area contributed by atoms with Crippen LogP contribution < -0.4 is 24.8 Å². The molecule has 29 heavy (non-hydrogen) atoms.